The van der Waals surface area contributed by atoms with Crippen LogP contribution in [0.5, 0.6) is 0 Å². The minimum absolute atomic E-state index is 0.0171. The number of nitrogens with two attached hydrogens (primary N) is 1. The SMILES string of the molecule is Nc1ccc2sc(C(=O)OC3CCOCC3)cc2c1. The number of carbonyl (C=O) groups is 1. The Kier molecular flexibility index (Phi) is 3.40. The van der Waals surface area contributed by atoms with Crippen LogP contribution in [0.4, 0.5) is 5.69 Å². The van der Waals surface area contributed by atoms with E-state index in [1.807, 2.05) is 24.3 Å². The van der Waals surface area contributed by atoms with Gasteiger partial charge in [0.15, 0.2) is 0 Å². The number of hydrogen-bond acceptors (Lipinski definition) is 5. The van der Waals surface area contributed by atoms with Crippen LogP contribution >= 0.6 is 11.3 Å². The lowest BCUT2D eigenvalue weighted by atomic mass is 10.1. The fraction of sp³-hybridized carbons (Fsp3) is 0.357. The van der Waals surface area contributed by atoms with Gasteiger partial charge in [-0.25, -0.2) is 4.79 Å². The van der Waals surface area contributed by atoms with Gasteiger partial charge < -0.3 is 15.2 Å². The van der Waals surface area contributed by atoms with Crippen LogP contribution in [-0.4, -0.2) is 25.3 Å². The number of thiophene rings is 1. The van der Waals surface area contributed by atoms with Gasteiger partial charge in [0.1, 0.15) is 11.0 Å². The Bertz CT molecular complexity index is 602. The Morgan fingerprint density at radius 1 is 1.32 bits per heavy atom. The molecule has 0 unspecified atom stereocenters. The number of ether oxygens (including phenoxy) is 2. The fourth-order valence-corrected chi connectivity index (χ4v) is 3.09. The minimum Gasteiger partial charge on any atom is -0.458 e. The molecular formula is C14H15NO3S. The van der Waals surface area contributed by atoms with Crippen molar-refractivity contribution in [1.29, 1.82) is 0 Å². The molecule has 5 heteroatoms. The highest BCUT2D eigenvalue weighted by Gasteiger charge is 2.20. The van der Waals surface area contributed by atoms with E-state index in [0.717, 1.165) is 22.9 Å². The third-order valence-electron chi connectivity index (χ3n) is 3.18. The Morgan fingerprint density at radius 2 is 2.11 bits per heavy atom. The molecule has 3 rings (SSSR count). The van der Waals surface area contributed by atoms with E-state index in [0.29, 0.717) is 23.8 Å². The van der Waals surface area contributed by atoms with E-state index < -0.39 is 0 Å². The van der Waals surface area contributed by atoms with E-state index in [1.54, 1.807) is 0 Å². The standard InChI is InChI=1S/C14H15NO3S/c15-10-1-2-12-9(7-10)8-13(19-12)14(16)18-11-3-5-17-6-4-11/h1-2,7-8,11H,3-6,15H2. The second-order valence-electron chi connectivity index (χ2n) is 4.62. The molecule has 2 heterocycles. The summed E-state index contributed by atoms with van der Waals surface area (Å²) in [6.45, 7) is 1.34. The molecule has 0 spiro atoms. The maximum Gasteiger partial charge on any atom is 0.348 e. The molecular weight excluding hydrogens is 262 g/mol. The Morgan fingerprint density at radius 3 is 2.89 bits per heavy atom. The molecule has 0 atom stereocenters. The van der Waals surface area contributed by atoms with Gasteiger partial charge in [-0.3, -0.25) is 0 Å². The van der Waals surface area contributed by atoms with E-state index in [-0.39, 0.29) is 12.1 Å². The van der Waals surface area contributed by atoms with E-state index in [1.165, 1.54) is 11.3 Å². The smallest absolute Gasteiger partial charge is 0.348 e. The van der Waals surface area contributed by atoms with Crippen LogP contribution < -0.4 is 5.73 Å². The van der Waals surface area contributed by atoms with Gasteiger partial charge in [0, 0.05) is 23.2 Å². The van der Waals surface area contributed by atoms with Crippen molar-refractivity contribution in [2.24, 2.45) is 0 Å². The monoisotopic (exact) mass is 277 g/mol. The van der Waals surface area contributed by atoms with Gasteiger partial charge in [-0.1, -0.05) is 0 Å². The number of carbonyl (C=O) groups excluding carboxylic acids is 1. The van der Waals surface area contributed by atoms with Crippen molar-refractivity contribution in [3.8, 4) is 0 Å². The summed E-state index contributed by atoms with van der Waals surface area (Å²) in [5.41, 5.74) is 6.44. The van der Waals surface area contributed by atoms with Crippen molar-refractivity contribution in [2.45, 2.75) is 18.9 Å². The van der Waals surface area contributed by atoms with Crippen molar-refractivity contribution in [3.63, 3.8) is 0 Å². The first kappa shape index (κ1) is 12.4. The molecule has 1 aliphatic heterocycles. The molecule has 100 valence electrons. The molecule has 1 aromatic heterocycles. The van der Waals surface area contributed by atoms with E-state index in [2.05, 4.69) is 0 Å². The van der Waals surface area contributed by atoms with E-state index in [9.17, 15) is 4.79 Å². The molecule has 0 saturated carbocycles. The van der Waals surface area contributed by atoms with Crippen molar-refractivity contribution in [2.75, 3.05) is 18.9 Å². The fourth-order valence-electron chi connectivity index (χ4n) is 2.17. The lowest BCUT2D eigenvalue weighted by molar-refractivity contribution is -0.0155. The van der Waals surface area contributed by atoms with Crippen LogP contribution in [0.3, 0.4) is 0 Å². The third-order valence-corrected chi connectivity index (χ3v) is 4.28. The predicted octanol–water partition coefficient (Wildman–Crippen LogP) is 2.82. The van der Waals surface area contributed by atoms with Crippen LogP contribution in [0, 0.1) is 0 Å². The van der Waals surface area contributed by atoms with Gasteiger partial charge >= 0.3 is 5.97 Å². The summed E-state index contributed by atoms with van der Waals surface area (Å²) in [5.74, 6) is -0.244. The quantitative estimate of drug-likeness (QED) is 0.677. The maximum absolute atomic E-state index is 12.1. The van der Waals surface area contributed by atoms with Gasteiger partial charge in [-0.2, -0.15) is 0 Å². The van der Waals surface area contributed by atoms with Crippen molar-refractivity contribution < 1.29 is 14.3 Å². The highest BCUT2D eigenvalue weighted by atomic mass is 32.1. The average molecular weight is 277 g/mol. The number of benzene rings is 1. The third kappa shape index (κ3) is 2.72. The minimum atomic E-state index is -0.244. The number of anilines is 1. The summed E-state index contributed by atoms with van der Waals surface area (Å²) in [6, 6.07) is 7.49. The van der Waals surface area contributed by atoms with Gasteiger partial charge in [-0.05, 0) is 29.7 Å². The van der Waals surface area contributed by atoms with E-state index in [4.69, 9.17) is 15.2 Å². The van der Waals surface area contributed by atoms with Gasteiger partial charge in [-0.15, -0.1) is 11.3 Å². The zero-order valence-corrected chi connectivity index (χ0v) is 11.2. The van der Waals surface area contributed by atoms with Gasteiger partial charge in [0.2, 0.25) is 0 Å². The number of hydrogen-bond donors (Lipinski definition) is 1. The van der Waals surface area contributed by atoms with Gasteiger partial charge in [0.05, 0.1) is 13.2 Å². The summed E-state index contributed by atoms with van der Waals surface area (Å²) in [7, 11) is 0. The number of rotatable bonds is 2. The van der Waals surface area contributed by atoms with Crippen molar-refractivity contribution in [3.05, 3.63) is 29.1 Å². The highest BCUT2D eigenvalue weighted by Crippen LogP contribution is 2.28. The zero-order valence-electron chi connectivity index (χ0n) is 10.4. The normalized spacial score (nSPS) is 16.6. The Balaban J connectivity index is 1.77. The number of nitrogen functional groups attached to an aromatic ring is 1. The van der Waals surface area contributed by atoms with Crippen LogP contribution in [0.15, 0.2) is 24.3 Å². The molecule has 0 amide bonds. The molecule has 0 bridgehead atoms. The second-order valence-corrected chi connectivity index (χ2v) is 5.71. The van der Waals surface area contributed by atoms with Crippen molar-refractivity contribution in [1.82, 2.24) is 0 Å². The predicted molar refractivity (Wildman–Crippen MR) is 75.5 cm³/mol. The summed E-state index contributed by atoms with van der Waals surface area (Å²) >= 11 is 1.44. The Labute approximate surface area is 115 Å². The molecule has 1 saturated heterocycles. The topological polar surface area (TPSA) is 61.6 Å². The molecule has 4 nitrogen and oxygen atoms in total. The molecule has 0 aliphatic carbocycles. The first-order chi connectivity index (χ1) is 9.22. The number of esters is 1. The molecule has 2 N–H and O–H groups in total. The molecule has 0 radical (unpaired) electrons. The summed E-state index contributed by atoms with van der Waals surface area (Å²) in [4.78, 5) is 12.7. The summed E-state index contributed by atoms with van der Waals surface area (Å²) in [6.07, 6.45) is 1.55. The largest absolute Gasteiger partial charge is 0.458 e. The molecule has 1 aromatic carbocycles. The van der Waals surface area contributed by atoms with Crippen LogP contribution in [-0.2, 0) is 9.47 Å². The first-order valence-corrected chi connectivity index (χ1v) is 7.12. The molecule has 1 fully saturated rings. The first-order valence-electron chi connectivity index (χ1n) is 6.30. The van der Waals surface area contributed by atoms with E-state index >= 15 is 0 Å². The maximum atomic E-state index is 12.1. The second kappa shape index (κ2) is 5.19. The van der Waals surface area contributed by atoms with Crippen LogP contribution in [0.2, 0.25) is 0 Å². The highest BCUT2D eigenvalue weighted by molar-refractivity contribution is 7.20. The zero-order chi connectivity index (χ0) is 13.2. The molecule has 2 aromatic rings. The van der Waals surface area contributed by atoms with Crippen molar-refractivity contribution >= 4 is 33.1 Å². The lowest BCUT2D eigenvalue weighted by Gasteiger charge is -2.21. The summed E-state index contributed by atoms with van der Waals surface area (Å²) in [5, 5.41) is 0.990. The van der Waals surface area contributed by atoms with Gasteiger partial charge in [0.25, 0.3) is 0 Å². The Hall–Kier alpha value is -1.59. The molecule has 1 aliphatic rings. The average Bonchev–Trinajstić information content (AvgIpc) is 2.83. The van der Waals surface area contributed by atoms with Crippen LogP contribution in [0.1, 0.15) is 22.5 Å². The lowest BCUT2D eigenvalue weighted by Crippen LogP contribution is -2.25. The van der Waals surface area contributed by atoms with Crippen LogP contribution in [0.25, 0.3) is 10.1 Å². The molecule has 19 heavy (non-hydrogen) atoms. The number of fused-ring (bicyclic) bond motifs is 1. The summed E-state index contributed by atoms with van der Waals surface area (Å²) < 4.78 is 11.8.